The lowest BCUT2D eigenvalue weighted by atomic mass is 9.91. The van der Waals surface area contributed by atoms with E-state index in [1.165, 1.54) is 0 Å². The summed E-state index contributed by atoms with van der Waals surface area (Å²) in [6.07, 6.45) is 1.42. The van der Waals surface area contributed by atoms with E-state index in [0.717, 1.165) is 11.1 Å². The molecule has 3 rings (SSSR count). The maximum atomic E-state index is 11.3. The predicted molar refractivity (Wildman–Crippen MR) is 55.8 cm³/mol. The van der Waals surface area contributed by atoms with Crippen molar-refractivity contribution < 1.29 is 19.4 Å². The molecule has 1 aliphatic carbocycles. The lowest BCUT2D eigenvalue weighted by molar-refractivity contribution is -0.140. The minimum Gasteiger partial charge on any atom is -0.481 e. The minimum atomic E-state index is -0.741. The highest BCUT2D eigenvalue weighted by Gasteiger charge is 2.53. The van der Waals surface area contributed by atoms with Gasteiger partial charge in [0.25, 0.3) is 0 Å². The van der Waals surface area contributed by atoms with Crippen LogP contribution in [0.15, 0.2) is 12.1 Å². The van der Waals surface area contributed by atoms with Crippen LogP contribution in [0.3, 0.4) is 0 Å². The van der Waals surface area contributed by atoms with E-state index in [-0.39, 0.29) is 6.79 Å². The van der Waals surface area contributed by atoms with E-state index in [4.69, 9.17) is 9.47 Å². The van der Waals surface area contributed by atoms with Crippen LogP contribution in [0, 0.1) is 6.92 Å². The molecule has 0 aromatic heterocycles. The lowest BCUT2D eigenvalue weighted by Crippen LogP contribution is -2.20. The van der Waals surface area contributed by atoms with Gasteiger partial charge in [0, 0.05) is 0 Å². The van der Waals surface area contributed by atoms with Crippen molar-refractivity contribution in [1.29, 1.82) is 0 Å². The SMILES string of the molecule is Cc1c(C2(C(=O)O)CC2)ccc2c1OCO2. The van der Waals surface area contributed by atoms with Crippen molar-refractivity contribution in [2.24, 2.45) is 0 Å². The number of hydrogen-bond donors (Lipinski definition) is 1. The highest BCUT2D eigenvalue weighted by molar-refractivity contribution is 5.86. The number of carbonyl (C=O) groups is 1. The second-order valence-electron chi connectivity index (χ2n) is 4.36. The van der Waals surface area contributed by atoms with Gasteiger partial charge in [-0.05, 0) is 37.0 Å². The molecule has 2 aliphatic rings. The molecule has 1 aromatic carbocycles. The molecule has 0 amide bonds. The quantitative estimate of drug-likeness (QED) is 0.826. The molecule has 16 heavy (non-hydrogen) atoms. The molecule has 1 aliphatic heterocycles. The number of benzene rings is 1. The molecule has 4 heteroatoms. The van der Waals surface area contributed by atoms with Crippen LogP contribution in [0.4, 0.5) is 0 Å². The van der Waals surface area contributed by atoms with Gasteiger partial charge in [0.1, 0.15) is 0 Å². The van der Waals surface area contributed by atoms with Gasteiger partial charge in [0.2, 0.25) is 6.79 Å². The first-order valence-corrected chi connectivity index (χ1v) is 5.28. The van der Waals surface area contributed by atoms with Crippen molar-refractivity contribution in [2.75, 3.05) is 6.79 Å². The summed E-state index contributed by atoms with van der Waals surface area (Å²) in [5, 5.41) is 9.26. The molecule has 0 saturated heterocycles. The van der Waals surface area contributed by atoms with Crippen molar-refractivity contribution in [1.82, 2.24) is 0 Å². The second kappa shape index (κ2) is 2.90. The van der Waals surface area contributed by atoms with E-state index in [2.05, 4.69) is 0 Å². The average Bonchev–Trinajstić information content (AvgIpc) is 2.90. The summed E-state index contributed by atoms with van der Waals surface area (Å²) >= 11 is 0. The zero-order valence-corrected chi connectivity index (χ0v) is 8.95. The van der Waals surface area contributed by atoms with Gasteiger partial charge >= 0.3 is 5.97 Å². The number of ether oxygens (including phenoxy) is 2. The Morgan fingerprint density at radius 1 is 1.38 bits per heavy atom. The van der Waals surface area contributed by atoms with E-state index in [9.17, 15) is 9.90 Å². The Balaban J connectivity index is 2.13. The van der Waals surface area contributed by atoms with E-state index in [1.807, 2.05) is 13.0 Å². The third-order valence-electron chi connectivity index (χ3n) is 3.46. The number of carboxylic acid groups (broad SMARTS) is 1. The summed E-state index contributed by atoms with van der Waals surface area (Å²) in [6, 6.07) is 3.65. The van der Waals surface area contributed by atoms with Gasteiger partial charge in [-0.15, -0.1) is 0 Å². The van der Waals surface area contributed by atoms with Crippen LogP contribution in [-0.2, 0) is 10.2 Å². The molecule has 4 nitrogen and oxygen atoms in total. The zero-order chi connectivity index (χ0) is 11.3. The Kier molecular flexibility index (Phi) is 1.73. The summed E-state index contributed by atoms with van der Waals surface area (Å²) < 4.78 is 10.6. The van der Waals surface area contributed by atoms with Gasteiger partial charge in [0.05, 0.1) is 5.41 Å². The largest absolute Gasteiger partial charge is 0.481 e. The van der Waals surface area contributed by atoms with Crippen LogP contribution in [-0.4, -0.2) is 17.9 Å². The molecule has 1 fully saturated rings. The molecule has 0 radical (unpaired) electrons. The molecule has 1 saturated carbocycles. The molecule has 0 bridgehead atoms. The summed E-state index contributed by atoms with van der Waals surface area (Å²) in [7, 11) is 0. The molecular weight excluding hydrogens is 208 g/mol. The third-order valence-corrected chi connectivity index (χ3v) is 3.46. The normalized spacial score (nSPS) is 19.6. The van der Waals surface area contributed by atoms with Crippen LogP contribution < -0.4 is 9.47 Å². The molecule has 1 heterocycles. The van der Waals surface area contributed by atoms with Crippen molar-refractivity contribution in [2.45, 2.75) is 25.2 Å². The summed E-state index contributed by atoms with van der Waals surface area (Å²) in [5.41, 5.74) is 1.09. The first-order valence-electron chi connectivity index (χ1n) is 5.28. The van der Waals surface area contributed by atoms with E-state index in [0.29, 0.717) is 24.3 Å². The Labute approximate surface area is 92.8 Å². The number of hydrogen-bond acceptors (Lipinski definition) is 3. The van der Waals surface area contributed by atoms with Crippen molar-refractivity contribution in [3.8, 4) is 11.5 Å². The topological polar surface area (TPSA) is 55.8 Å². The van der Waals surface area contributed by atoms with E-state index in [1.54, 1.807) is 6.07 Å². The molecule has 0 atom stereocenters. The molecule has 84 valence electrons. The minimum absolute atomic E-state index is 0.222. The fourth-order valence-corrected chi connectivity index (χ4v) is 2.35. The second-order valence-corrected chi connectivity index (χ2v) is 4.36. The van der Waals surface area contributed by atoms with Gasteiger partial charge < -0.3 is 14.6 Å². The monoisotopic (exact) mass is 220 g/mol. The smallest absolute Gasteiger partial charge is 0.314 e. The summed E-state index contributed by atoms with van der Waals surface area (Å²) in [5.74, 6) is 0.668. The average molecular weight is 220 g/mol. The van der Waals surface area contributed by atoms with Gasteiger partial charge in [-0.1, -0.05) is 6.07 Å². The fourth-order valence-electron chi connectivity index (χ4n) is 2.35. The highest BCUT2D eigenvalue weighted by atomic mass is 16.7. The number of rotatable bonds is 2. The van der Waals surface area contributed by atoms with Crippen molar-refractivity contribution in [3.05, 3.63) is 23.3 Å². The van der Waals surface area contributed by atoms with Crippen LogP contribution in [0.25, 0.3) is 0 Å². The van der Waals surface area contributed by atoms with Gasteiger partial charge in [-0.3, -0.25) is 4.79 Å². The van der Waals surface area contributed by atoms with Gasteiger partial charge in [0.15, 0.2) is 11.5 Å². The highest BCUT2D eigenvalue weighted by Crippen LogP contribution is 2.52. The maximum absolute atomic E-state index is 11.3. The first kappa shape index (κ1) is 9.51. The van der Waals surface area contributed by atoms with E-state index >= 15 is 0 Å². The van der Waals surface area contributed by atoms with Crippen LogP contribution in [0.2, 0.25) is 0 Å². The molecule has 1 N–H and O–H groups in total. The number of fused-ring (bicyclic) bond motifs is 1. The van der Waals surface area contributed by atoms with Crippen molar-refractivity contribution >= 4 is 5.97 Å². The van der Waals surface area contributed by atoms with Crippen LogP contribution in [0.5, 0.6) is 11.5 Å². The predicted octanol–water partition coefficient (Wildman–Crippen LogP) is 1.84. The van der Waals surface area contributed by atoms with Gasteiger partial charge in [-0.2, -0.15) is 0 Å². The lowest BCUT2D eigenvalue weighted by Gasteiger charge is -2.14. The number of aliphatic carboxylic acids is 1. The van der Waals surface area contributed by atoms with Gasteiger partial charge in [-0.25, -0.2) is 0 Å². The zero-order valence-electron chi connectivity index (χ0n) is 8.95. The maximum Gasteiger partial charge on any atom is 0.314 e. The first-order chi connectivity index (χ1) is 7.65. The molecule has 0 spiro atoms. The molecule has 0 unspecified atom stereocenters. The van der Waals surface area contributed by atoms with E-state index < -0.39 is 11.4 Å². The Morgan fingerprint density at radius 3 is 2.75 bits per heavy atom. The van der Waals surface area contributed by atoms with Crippen LogP contribution >= 0.6 is 0 Å². The third kappa shape index (κ3) is 1.07. The fraction of sp³-hybridized carbons (Fsp3) is 0.417. The molecule has 1 aromatic rings. The molecular formula is C12H12O4. The Hall–Kier alpha value is -1.71. The summed E-state index contributed by atoms with van der Waals surface area (Å²) in [4.78, 5) is 11.3. The van der Waals surface area contributed by atoms with Crippen molar-refractivity contribution in [3.63, 3.8) is 0 Å². The number of carboxylic acids is 1. The summed E-state index contributed by atoms with van der Waals surface area (Å²) in [6.45, 7) is 2.12. The van der Waals surface area contributed by atoms with Crippen LogP contribution in [0.1, 0.15) is 24.0 Å². The Bertz CT molecular complexity index is 474. The standard InChI is InChI=1S/C12H12O4/c1-7-8(12(4-5-12)11(13)14)2-3-9-10(7)16-6-15-9/h2-3H,4-6H2,1H3,(H,13,14). The Morgan fingerprint density at radius 2 is 2.12 bits per heavy atom.